The summed E-state index contributed by atoms with van der Waals surface area (Å²) >= 11 is 5.87. The third kappa shape index (κ3) is 4.37. The van der Waals surface area contributed by atoms with Gasteiger partial charge in [0.1, 0.15) is 11.5 Å². The summed E-state index contributed by atoms with van der Waals surface area (Å²) in [5.41, 5.74) is 2.96. The fourth-order valence-electron chi connectivity index (χ4n) is 2.49. The average Bonchev–Trinajstić information content (AvgIpc) is 2.64. The highest BCUT2D eigenvalue weighted by molar-refractivity contribution is 6.30. The van der Waals surface area contributed by atoms with Crippen LogP contribution in [-0.2, 0) is 0 Å². The maximum absolute atomic E-state index is 12.4. The summed E-state index contributed by atoms with van der Waals surface area (Å²) in [5, 5.41) is 6.68. The monoisotopic (exact) mass is 366 g/mol. The summed E-state index contributed by atoms with van der Waals surface area (Å²) in [7, 11) is 0. The predicted molar refractivity (Wildman–Crippen MR) is 105 cm³/mol. The first-order chi connectivity index (χ1) is 12.5. The number of para-hydroxylation sites is 1. The molecule has 6 heteroatoms. The minimum Gasteiger partial charge on any atom is -0.339 e. The van der Waals surface area contributed by atoms with E-state index in [-0.39, 0.29) is 11.6 Å². The molecule has 0 bridgehead atoms. The van der Waals surface area contributed by atoms with Gasteiger partial charge in [-0.3, -0.25) is 4.79 Å². The lowest BCUT2D eigenvalue weighted by molar-refractivity contribution is 0.102. The van der Waals surface area contributed by atoms with Crippen molar-refractivity contribution in [2.75, 3.05) is 10.6 Å². The SMILES string of the molecule is CC(C)c1ccccc1NC(=O)c1cnc(Nc2ccc(Cl)cc2)cn1. The van der Waals surface area contributed by atoms with Gasteiger partial charge in [-0.05, 0) is 41.8 Å². The molecule has 0 aliphatic carbocycles. The van der Waals surface area contributed by atoms with Crippen LogP contribution >= 0.6 is 11.6 Å². The van der Waals surface area contributed by atoms with E-state index in [1.54, 1.807) is 12.1 Å². The van der Waals surface area contributed by atoms with Crippen molar-refractivity contribution < 1.29 is 4.79 Å². The molecule has 0 aliphatic rings. The minimum absolute atomic E-state index is 0.255. The quantitative estimate of drug-likeness (QED) is 0.647. The lowest BCUT2D eigenvalue weighted by Gasteiger charge is -2.13. The second-order valence-electron chi connectivity index (χ2n) is 6.11. The second kappa shape index (κ2) is 7.97. The lowest BCUT2D eigenvalue weighted by Crippen LogP contribution is -2.15. The van der Waals surface area contributed by atoms with Crippen LogP contribution in [0, 0.1) is 0 Å². The van der Waals surface area contributed by atoms with Gasteiger partial charge in [0.05, 0.1) is 12.4 Å². The van der Waals surface area contributed by atoms with Gasteiger partial charge in [0.25, 0.3) is 5.91 Å². The van der Waals surface area contributed by atoms with E-state index in [1.165, 1.54) is 12.4 Å². The van der Waals surface area contributed by atoms with Crippen LogP contribution in [-0.4, -0.2) is 15.9 Å². The van der Waals surface area contributed by atoms with E-state index in [1.807, 2.05) is 36.4 Å². The van der Waals surface area contributed by atoms with E-state index in [0.717, 1.165) is 16.9 Å². The number of nitrogens with zero attached hydrogens (tertiary/aromatic N) is 2. The number of amides is 1. The van der Waals surface area contributed by atoms with Crippen molar-refractivity contribution in [1.82, 2.24) is 9.97 Å². The van der Waals surface area contributed by atoms with Gasteiger partial charge in [-0.15, -0.1) is 0 Å². The number of carbonyl (C=O) groups excluding carboxylic acids is 1. The molecule has 0 saturated carbocycles. The molecule has 1 aromatic heterocycles. The summed E-state index contributed by atoms with van der Waals surface area (Å²) in [4.78, 5) is 20.9. The zero-order chi connectivity index (χ0) is 18.5. The lowest BCUT2D eigenvalue weighted by atomic mass is 10.0. The Morgan fingerprint density at radius 3 is 2.38 bits per heavy atom. The summed E-state index contributed by atoms with van der Waals surface area (Å²) in [5.74, 6) is 0.568. The van der Waals surface area contributed by atoms with Crippen LogP contribution in [0.15, 0.2) is 60.9 Å². The molecule has 0 saturated heterocycles. The van der Waals surface area contributed by atoms with Crippen molar-refractivity contribution >= 4 is 34.7 Å². The van der Waals surface area contributed by atoms with Crippen LogP contribution in [0.2, 0.25) is 5.02 Å². The van der Waals surface area contributed by atoms with E-state index < -0.39 is 0 Å². The van der Waals surface area contributed by atoms with Gasteiger partial charge in [-0.25, -0.2) is 9.97 Å². The van der Waals surface area contributed by atoms with Gasteiger partial charge in [0.15, 0.2) is 0 Å². The zero-order valence-corrected chi connectivity index (χ0v) is 15.3. The summed E-state index contributed by atoms with van der Waals surface area (Å²) in [6.07, 6.45) is 2.98. The number of hydrogen-bond donors (Lipinski definition) is 2. The second-order valence-corrected chi connectivity index (χ2v) is 6.55. The molecule has 0 atom stereocenters. The van der Waals surface area contributed by atoms with Crippen LogP contribution < -0.4 is 10.6 Å². The van der Waals surface area contributed by atoms with E-state index in [0.29, 0.717) is 16.8 Å². The largest absolute Gasteiger partial charge is 0.339 e. The Morgan fingerprint density at radius 2 is 1.73 bits per heavy atom. The first-order valence-electron chi connectivity index (χ1n) is 8.28. The Kier molecular flexibility index (Phi) is 5.49. The maximum atomic E-state index is 12.4. The number of carbonyl (C=O) groups is 1. The van der Waals surface area contributed by atoms with Gasteiger partial charge < -0.3 is 10.6 Å². The van der Waals surface area contributed by atoms with E-state index in [4.69, 9.17) is 11.6 Å². The smallest absolute Gasteiger partial charge is 0.275 e. The summed E-state index contributed by atoms with van der Waals surface area (Å²) in [6.45, 7) is 4.17. The van der Waals surface area contributed by atoms with Crippen molar-refractivity contribution in [1.29, 1.82) is 0 Å². The number of benzene rings is 2. The third-order valence-electron chi connectivity index (χ3n) is 3.83. The highest BCUT2D eigenvalue weighted by Crippen LogP contribution is 2.24. The Hall–Kier alpha value is -2.92. The molecule has 0 aliphatic heterocycles. The molecule has 2 N–H and O–H groups in total. The molecule has 3 aromatic rings. The standard InChI is InChI=1S/C20H19ClN4O/c1-13(2)16-5-3-4-6-17(16)25-20(26)18-11-23-19(12-22-18)24-15-9-7-14(21)8-10-15/h3-13H,1-2H3,(H,23,24)(H,25,26). The molecule has 1 heterocycles. The Bertz CT molecular complexity index is 892. The van der Waals surface area contributed by atoms with Crippen LogP contribution in [0.4, 0.5) is 17.2 Å². The molecule has 0 fully saturated rings. The molecule has 5 nitrogen and oxygen atoms in total. The average molecular weight is 367 g/mol. The molecule has 3 rings (SSSR count). The van der Waals surface area contributed by atoms with E-state index >= 15 is 0 Å². The maximum Gasteiger partial charge on any atom is 0.275 e. The van der Waals surface area contributed by atoms with Crippen LogP contribution in [0.25, 0.3) is 0 Å². The molecular weight excluding hydrogens is 348 g/mol. The molecule has 0 radical (unpaired) electrons. The number of hydrogen-bond acceptors (Lipinski definition) is 4. The zero-order valence-electron chi connectivity index (χ0n) is 14.5. The first-order valence-corrected chi connectivity index (χ1v) is 8.65. The van der Waals surface area contributed by atoms with Gasteiger partial charge in [-0.2, -0.15) is 0 Å². The Morgan fingerprint density at radius 1 is 1.00 bits per heavy atom. The number of rotatable bonds is 5. The molecule has 132 valence electrons. The first kappa shape index (κ1) is 17.9. The highest BCUT2D eigenvalue weighted by atomic mass is 35.5. The summed E-state index contributed by atoms with van der Waals surface area (Å²) < 4.78 is 0. The summed E-state index contributed by atoms with van der Waals surface area (Å²) in [6, 6.07) is 15.0. The Balaban J connectivity index is 1.70. The normalized spacial score (nSPS) is 10.6. The van der Waals surface area contributed by atoms with Crippen molar-refractivity contribution in [3.8, 4) is 0 Å². The van der Waals surface area contributed by atoms with Crippen LogP contribution in [0.5, 0.6) is 0 Å². The molecule has 0 unspecified atom stereocenters. The van der Waals surface area contributed by atoms with Crippen molar-refractivity contribution in [3.05, 3.63) is 77.2 Å². The predicted octanol–water partition coefficient (Wildman–Crippen LogP) is 5.25. The fourth-order valence-corrected chi connectivity index (χ4v) is 2.62. The van der Waals surface area contributed by atoms with Crippen molar-refractivity contribution in [2.24, 2.45) is 0 Å². The number of nitrogens with one attached hydrogen (secondary N) is 2. The van der Waals surface area contributed by atoms with Crippen molar-refractivity contribution in [2.45, 2.75) is 19.8 Å². The minimum atomic E-state index is -0.288. The number of anilines is 3. The van der Waals surface area contributed by atoms with Gasteiger partial charge >= 0.3 is 0 Å². The number of halogens is 1. The van der Waals surface area contributed by atoms with Crippen LogP contribution in [0.3, 0.4) is 0 Å². The molecule has 1 amide bonds. The third-order valence-corrected chi connectivity index (χ3v) is 4.08. The fraction of sp³-hybridized carbons (Fsp3) is 0.150. The molecular formula is C20H19ClN4O. The molecule has 2 aromatic carbocycles. The van der Waals surface area contributed by atoms with E-state index in [9.17, 15) is 4.79 Å². The van der Waals surface area contributed by atoms with Gasteiger partial charge in [0, 0.05) is 16.4 Å². The number of aromatic nitrogens is 2. The molecule has 0 spiro atoms. The highest BCUT2D eigenvalue weighted by Gasteiger charge is 2.12. The van der Waals surface area contributed by atoms with E-state index in [2.05, 4.69) is 34.4 Å². The molecule has 26 heavy (non-hydrogen) atoms. The van der Waals surface area contributed by atoms with Crippen LogP contribution in [0.1, 0.15) is 35.8 Å². The Labute approximate surface area is 157 Å². The van der Waals surface area contributed by atoms with Gasteiger partial charge in [0.2, 0.25) is 0 Å². The van der Waals surface area contributed by atoms with Crippen molar-refractivity contribution in [3.63, 3.8) is 0 Å². The van der Waals surface area contributed by atoms with Gasteiger partial charge in [-0.1, -0.05) is 43.6 Å². The topological polar surface area (TPSA) is 66.9 Å².